The second kappa shape index (κ2) is 5.16. The first kappa shape index (κ1) is 11.3. The van der Waals surface area contributed by atoms with E-state index < -0.39 is 0 Å². The highest BCUT2D eigenvalue weighted by molar-refractivity contribution is 5.84. The maximum Gasteiger partial charge on any atom is 0.101 e. The van der Waals surface area contributed by atoms with Crippen LogP contribution in [0, 0.1) is 17.2 Å². The SMILES string of the molecule is C/C(=N\Nc1ccccc1C#N)C(C)C. The fourth-order valence-corrected chi connectivity index (χ4v) is 0.956. The minimum atomic E-state index is 0.409. The van der Waals surface area contributed by atoms with Gasteiger partial charge in [0.05, 0.1) is 11.3 Å². The number of para-hydroxylation sites is 1. The average Bonchev–Trinajstić information content (AvgIpc) is 2.26. The molecule has 1 N–H and O–H groups in total. The molecule has 3 heteroatoms. The highest BCUT2D eigenvalue weighted by Gasteiger charge is 2.00. The number of nitrogens with zero attached hydrogens (tertiary/aromatic N) is 2. The van der Waals surface area contributed by atoms with Crippen LogP contribution in [0.4, 0.5) is 5.69 Å². The Hall–Kier alpha value is -1.82. The van der Waals surface area contributed by atoms with Crippen LogP contribution in [0.1, 0.15) is 26.3 Å². The van der Waals surface area contributed by atoms with Crippen molar-refractivity contribution in [3.05, 3.63) is 29.8 Å². The number of benzene rings is 1. The zero-order chi connectivity index (χ0) is 11.3. The summed E-state index contributed by atoms with van der Waals surface area (Å²) in [5, 5.41) is 13.1. The van der Waals surface area contributed by atoms with Gasteiger partial charge in [0.2, 0.25) is 0 Å². The molecule has 0 spiro atoms. The third-order valence-electron chi connectivity index (χ3n) is 2.24. The lowest BCUT2D eigenvalue weighted by Crippen LogP contribution is -2.05. The van der Waals surface area contributed by atoms with Gasteiger partial charge in [-0.3, -0.25) is 5.43 Å². The van der Waals surface area contributed by atoms with Crippen molar-refractivity contribution in [1.29, 1.82) is 5.26 Å². The van der Waals surface area contributed by atoms with Crippen LogP contribution in [0.15, 0.2) is 29.4 Å². The lowest BCUT2D eigenvalue weighted by Gasteiger charge is -2.06. The molecule has 0 bridgehead atoms. The van der Waals surface area contributed by atoms with Crippen LogP contribution in [0.5, 0.6) is 0 Å². The molecule has 0 amide bonds. The van der Waals surface area contributed by atoms with E-state index in [9.17, 15) is 0 Å². The van der Waals surface area contributed by atoms with Crippen LogP contribution in [0.3, 0.4) is 0 Å². The number of nitriles is 1. The third-order valence-corrected chi connectivity index (χ3v) is 2.24. The molecule has 0 aliphatic carbocycles. The summed E-state index contributed by atoms with van der Waals surface area (Å²) >= 11 is 0. The summed E-state index contributed by atoms with van der Waals surface area (Å²) in [7, 11) is 0. The molecular weight excluding hydrogens is 186 g/mol. The molecule has 15 heavy (non-hydrogen) atoms. The Kier molecular flexibility index (Phi) is 3.87. The maximum atomic E-state index is 8.85. The Morgan fingerprint density at radius 3 is 2.67 bits per heavy atom. The monoisotopic (exact) mass is 201 g/mol. The minimum Gasteiger partial charge on any atom is -0.277 e. The molecule has 1 aromatic carbocycles. The molecular formula is C12H15N3. The van der Waals surface area contributed by atoms with Crippen LogP contribution in [0.2, 0.25) is 0 Å². The molecule has 0 saturated heterocycles. The number of anilines is 1. The zero-order valence-electron chi connectivity index (χ0n) is 9.28. The van der Waals surface area contributed by atoms with Crippen molar-refractivity contribution in [2.75, 3.05) is 5.43 Å². The molecule has 78 valence electrons. The quantitative estimate of drug-likeness (QED) is 0.603. The topological polar surface area (TPSA) is 48.2 Å². The summed E-state index contributed by atoms with van der Waals surface area (Å²) in [6.07, 6.45) is 0. The van der Waals surface area contributed by atoms with Crippen LogP contribution < -0.4 is 5.43 Å². The summed E-state index contributed by atoms with van der Waals surface area (Å²) in [6, 6.07) is 9.44. The fourth-order valence-electron chi connectivity index (χ4n) is 0.956. The molecule has 0 aromatic heterocycles. The Morgan fingerprint density at radius 1 is 1.40 bits per heavy atom. The lowest BCUT2D eigenvalue weighted by molar-refractivity contribution is 0.874. The Morgan fingerprint density at radius 2 is 2.07 bits per heavy atom. The van der Waals surface area contributed by atoms with Crippen LogP contribution in [0.25, 0.3) is 0 Å². The van der Waals surface area contributed by atoms with Gasteiger partial charge >= 0.3 is 0 Å². The highest BCUT2D eigenvalue weighted by atomic mass is 15.3. The molecule has 0 atom stereocenters. The van der Waals surface area contributed by atoms with E-state index in [2.05, 4.69) is 30.4 Å². The lowest BCUT2D eigenvalue weighted by atomic mass is 10.1. The van der Waals surface area contributed by atoms with Gasteiger partial charge in [0.1, 0.15) is 6.07 Å². The summed E-state index contributed by atoms with van der Waals surface area (Å²) in [5.41, 5.74) is 5.29. The Balaban J connectivity index is 2.82. The van der Waals surface area contributed by atoms with E-state index in [4.69, 9.17) is 5.26 Å². The summed E-state index contributed by atoms with van der Waals surface area (Å²) < 4.78 is 0. The molecule has 0 unspecified atom stereocenters. The predicted octanol–water partition coefficient (Wildman–Crippen LogP) is 3.00. The van der Waals surface area contributed by atoms with E-state index in [0.717, 1.165) is 11.4 Å². The van der Waals surface area contributed by atoms with Crippen molar-refractivity contribution >= 4 is 11.4 Å². The smallest absolute Gasteiger partial charge is 0.101 e. The molecule has 1 aromatic rings. The minimum absolute atomic E-state index is 0.409. The first-order valence-corrected chi connectivity index (χ1v) is 4.94. The number of rotatable bonds is 3. The van der Waals surface area contributed by atoms with Crippen molar-refractivity contribution < 1.29 is 0 Å². The fraction of sp³-hybridized carbons (Fsp3) is 0.333. The molecule has 1 rings (SSSR count). The second-order valence-electron chi connectivity index (χ2n) is 3.68. The molecule has 0 aliphatic heterocycles. The maximum absolute atomic E-state index is 8.85. The molecule has 0 heterocycles. The predicted molar refractivity (Wildman–Crippen MR) is 62.7 cm³/mol. The Bertz CT molecular complexity index is 400. The van der Waals surface area contributed by atoms with Crippen molar-refractivity contribution in [2.24, 2.45) is 11.0 Å². The van der Waals surface area contributed by atoms with Crippen molar-refractivity contribution in [3.8, 4) is 6.07 Å². The van der Waals surface area contributed by atoms with Crippen LogP contribution >= 0.6 is 0 Å². The van der Waals surface area contributed by atoms with E-state index in [0.29, 0.717) is 11.5 Å². The summed E-state index contributed by atoms with van der Waals surface area (Å²) in [5.74, 6) is 0.409. The Labute approximate surface area is 90.4 Å². The average molecular weight is 201 g/mol. The van der Waals surface area contributed by atoms with E-state index in [1.807, 2.05) is 25.1 Å². The number of hydrogen-bond donors (Lipinski definition) is 1. The van der Waals surface area contributed by atoms with Gasteiger partial charge in [-0.2, -0.15) is 10.4 Å². The number of nitrogens with one attached hydrogen (secondary N) is 1. The van der Waals surface area contributed by atoms with E-state index in [-0.39, 0.29) is 0 Å². The van der Waals surface area contributed by atoms with Gasteiger partial charge in [0.15, 0.2) is 0 Å². The van der Waals surface area contributed by atoms with Gasteiger partial charge in [-0.15, -0.1) is 0 Å². The molecule has 0 aliphatic rings. The second-order valence-corrected chi connectivity index (χ2v) is 3.68. The van der Waals surface area contributed by atoms with Gasteiger partial charge in [-0.05, 0) is 25.0 Å². The largest absolute Gasteiger partial charge is 0.277 e. The van der Waals surface area contributed by atoms with Crippen molar-refractivity contribution in [1.82, 2.24) is 0 Å². The van der Waals surface area contributed by atoms with E-state index in [1.165, 1.54) is 0 Å². The summed E-state index contributed by atoms with van der Waals surface area (Å²) in [6.45, 7) is 6.13. The molecule has 3 nitrogen and oxygen atoms in total. The highest BCUT2D eigenvalue weighted by Crippen LogP contribution is 2.13. The number of hydrogen-bond acceptors (Lipinski definition) is 3. The van der Waals surface area contributed by atoms with Crippen LogP contribution in [-0.4, -0.2) is 5.71 Å². The standard InChI is InChI=1S/C12H15N3/c1-9(2)10(3)14-15-12-7-5-4-6-11(12)8-13/h4-7,9,15H,1-3H3/b14-10+. The molecule has 0 radical (unpaired) electrons. The number of hydrazone groups is 1. The van der Waals surface area contributed by atoms with Gasteiger partial charge in [-0.1, -0.05) is 26.0 Å². The van der Waals surface area contributed by atoms with Gasteiger partial charge in [0, 0.05) is 5.71 Å². The van der Waals surface area contributed by atoms with Crippen molar-refractivity contribution in [3.63, 3.8) is 0 Å². The summed E-state index contributed by atoms with van der Waals surface area (Å²) in [4.78, 5) is 0. The van der Waals surface area contributed by atoms with Gasteiger partial charge in [0.25, 0.3) is 0 Å². The van der Waals surface area contributed by atoms with Crippen LogP contribution in [-0.2, 0) is 0 Å². The van der Waals surface area contributed by atoms with E-state index in [1.54, 1.807) is 6.07 Å². The van der Waals surface area contributed by atoms with Crippen molar-refractivity contribution in [2.45, 2.75) is 20.8 Å². The van der Waals surface area contributed by atoms with Gasteiger partial charge < -0.3 is 0 Å². The van der Waals surface area contributed by atoms with Gasteiger partial charge in [-0.25, -0.2) is 0 Å². The van der Waals surface area contributed by atoms with E-state index >= 15 is 0 Å². The molecule has 0 fully saturated rings. The third kappa shape index (κ3) is 3.10. The molecule has 0 saturated carbocycles. The normalized spacial score (nSPS) is 11.3. The zero-order valence-corrected chi connectivity index (χ0v) is 9.28. The first-order chi connectivity index (χ1) is 7.15. The first-order valence-electron chi connectivity index (χ1n) is 4.94.